The van der Waals surface area contributed by atoms with Crippen molar-refractivity contribution in [3.05, 3.63) is 35.9 Å². The summed E-state index contributed by atoms with van der Waals surface area (Å²) >= 11 is 0. The number of rotatable bonds is 7. The van der Waals surface area contributed by atoms with E-state index in [-0.39, 0.29) is 11.9 Å². The SMILES string of the molecule is CCCCC(CC(=O)c1ccccc1)OC. The first-order chi connectivity index (χ1) is 7.77. The molecule has 0 heterocycles. The van der Waals surface area contributed by atoms with Crippen LogP contribution in [0.5, 0.6) is 0 Å². The Balaban J connectivity index is 2.49. The van der Waals surface area contributed by atoms with E-state index in [1.165, 1.54) is 0 Å². The van der Waals surface area contributed by atoms with Gasteiger partial charge in [-0.15, -0.1) is 0 Å². The third-order valence-electron chi connectivity index (χ3n) is 2.72. The van der Waals surface area contributed by atoms with Crippen LogP contribution in [-0.4, -0.2) is 19.0 Å². The fourth-order valence-corrected chi connectivity index (χ4v) is 1.68. The first kappa shape index (κ1) is 12.9. The molecule has 0 aromatic heterocycles. The monoisotopic (exact) mass is 220 g/mol. The number of hydrogen-bond donors (Lipinski definition) is 0. The Bertz CT molecular complexity index is 306. The zero-order valence-corrected chi connectivity index (χ0v) is 10.1. The average Bonchev–Trinajstić information content (AvgIpc) is 2.35. The Morgan fingerprint density at radius 3 is 2.56 bits per heavy atom. The molecule has 2 heteroatoms. The maximum absolute atomic E-state index is 11.9. The van der Waals surface area contributed by atoms with Crippen LogP contribution in [-0.2, 0) is 4.74 Å². The van der Waals surface area contributed by atoms with E-state index in [0.717, 1.165) is 24.8 Å². The molecule has 0 aliphatic heterocycles. The lowest BCUT2D eigenvalue weighted by Gasteiger charge is -2.13. The van der Waals surface area contributed by atoms with E-state index in [2.05, 4.69) is 6.92 Å². The van der Waals surface area contributed by atoms with E-state index in [1.54, 1.807) is 7.11 Å². The van der Waals surface area contributed by atoms with Gasteiger partial charge < -0.3 is 4.74 Å². The number of unbranched alkanes of at least 4 members (excludes halogenated alkanes) is 1. The van der Waals surface area contributed by atoms with Crippen molar-refractivity contribution in [2.75, 3.05) is 7.11 Å². The van der Waals surface area contributed by atoms with E-state index >= 15 is 0 Å². The maximum atomic E-state index is 11.9. The Labute approximate surface area is 97.6 Å². The van der Waals surface area contributed by atoms with Crippen molar-refractivity contribution in [2.45, 2.75) is 38.7 Å². The molecule has 0 fully saturated rings. The summed E-state index contributed by atoms with van der Waals surface area (Å²) in [6, 6.07) is 9.41. The van der Waals surface area contributed by atoms with Crippen molar-refractivity contribution in [3.8, 4) is 0 Å². The molecule has 0 bridgehead atoms. The second-order valence-electron chi connectivity index (χ2n) is 3.99. The van der Waals surface area contributed by atoms with Crippen molar-refractivity contribution in [1.29, 1.82) is 0 Å². The molecule has 16 heavy (non-hydrogen) atoms. The standard InChI is InChI=1S/C14H20O2/c1-3-4-10-13(16-2)11-14(15)12-8-6-5-7-9-12/h5-9,13H,3-4,10-11H2,1-2H3. The highest BCUT2D eigenvalue weighted by Gasteiger charge is 2.13. The molecule has 0 spiro atoms. The van der Waals surface area contributed by atoms with Gasteiger partial charge in [-0.05, 0) is 6.42 Å². The normalized spacial score (nSPS) is 12.4. The number of hydrogen-bond acceptors (Lipinski definition) is 2. The fourth-order valence-electron chi connectivity index (χ4n) is 1.68. The summed E-state index contributed by atoms with van der Waals surface area (Å²) in [6.07, 6.45) is 3.76. The average molecular weight is 220 g/mol. The van der Waals surface area contributed by atoms with Gasteiger partial charge in [0, 0.05) is 19.1 Å². The topological polar surface area (TPSA) is 26.3 Å². The Hall–Kier alpha value is -1.15. The highest BCUT2D eigenvalue weighted by Crippen LogP contribution is 2.12. The summed E-state index contributed by atoms with van der Waals surface area (Å²) in [5.74, 6) is 0.170. The Morgan fingerprint density at radius 2 is 2.00 bits per heavy atom. The lowest BCUT2D eigenvalue weighted by Crippen LogP contribution is -2.16. The van der Waals surface area contributed by atoms with Gasteiger partial charge in [0.2, 0.25) is 0 Å². The molecule has 88 valence electrons. The highest BCUT2D eigenvalue weighted by molar-refractivity contribution is 5.96. The Kier molecular flexibility index (Phi) is 5.79. The number of ether oxygens (including phenoxy) is 1. The van der Waals surface area contributed by atoms with E-state index in [1.807, 2.05) is 30.3 Å². The minimum Gasteiger partial charge on any atom is -0.381 e. The molecule has 0 aliphatic carbocycles. The van der Waals surface area contributed by atoms with E-state index in [0.29, 0.717) is 6.42 Å². The number of methoxy groups -OCH3 is 1. The zero-order chi connectivity index (χ0) is 11.8. The minimum atomic E-state index is 0.0626. The van der Waals surface area contributed by atoms with Crippen molar-refractivity contribution in [3.63, 3.8) is 0 Å². The van der Waals surface area contributed by atoms with Crippen LogP contribution in [0, 0.1) is 0 Å². The predicted molar refractivity (Wildman–Crippen MR) is 65.7 cm³/mol. The summed E-state index contributed by atoms with van der Waals surface area (Å²) < 4.78 is 5.32. The van der Waals surface area contributed by atoms with E-state index < -0.39 is 0 Å². The van der Waals surface area contributed by atoms with Gasteiger partial charge in [-0.2, -0.15) is 0 Å². The molecule has 0 N–H and O–H groups in total. The molecule has 1 unspecified atom stereocenters. The first-order valence-corrected chi connectivity index (χ1v) is 5.89. The molecule has 0 amide bonds. The second kappa shape index (κ2) is 7.18. The first-order valence-electron chi connectivity index (χ1n) is 5.89. The molecule has 1 aromatic carbocycles. The number of Topliss-reactive ketones (excluding diaryl/α,β-unsaturated/α-hetero) is 1. The summed E-state index contributed by atoms with van der Waals surface area (Å²) in [7, 11) is 1.68. The lowest BCUT2D eigenvalue weighted by atomic mass is 10.0. The second-order valence-corrected chi connectivity index (χ2v) is 3.99. The quantitative estimate of drug-likeness (QED) is 0.658. The van der Waals surface area contributed by atoms with Gasteiger partial charge in [0.05, 0.1) is 6.10 Å². The largest absolute Gasteiger partial charge is 0.381 e. The summed E-state index contributed by atoms with van der Waals surface area (Å²) in [5, 5.41) is 0. The molecule has 2 nitrogen and oxygen atoms in total. The van der Waals surface area contributed by atoms with Gasteiger partial charge in [-0.25, -0.2) is 0 Å². The van der Waals surface area contributed by atoms with Gasteiger partial charge in [-0.1, -0.05) is 50.1 Å². The van der Waals surface area contributed by atoms with Crippen molar-refractivity contribution in [1.82, 2.24) is 0 Å². The molecule has 1 aromatic rings. The number of benzene rings is 1. The maximum Gasteiger partial charge on any atom is 0.165 e. The number of carbonyl (C=O) groups excluding carboxylic acids is 1. The molecule has 0 saturated carbocycles. The van der Waals surface area contributed by atoms with Gasteiger partial charge in [0.25, 0.3) is 0 Å². The third-order valence-corrected chi connectivity index (χ3v) is 2.72. The van der Waals surface area contributed by atoms with Crippen LogP contribution in [0.15, 0.2) is 30.3 Å². The number of ketones is 1. The molecule has 0 aliphatic rings. The molecular weight excluding hydrogens is 200 g/mol. The molecule has 1 atom stereocenters. The van der Waals surface area contributed by atoms with Crippen LogP contribution in [0.4, 0.5) is 0 Å². The zero-order valence-electron chi connectivity index (χ0n) is 10.1. The molecular formula is C14H20O2. The van der Waals surface area contributed by atoms with Crippen LogP contribution in [0.1, 0.15) is 43.0 Å². The van der Waals surface area contributed by atoms with Crippen molar-refractivity contribution >= 4 is 5.78 Å². The smallest absolute Gasteiger partial charge is 0.165 e. The van der Waals surface area contributed by atoms with Crippen LogP contribution < -0.4 is 0 Å². The molecule has 0 radical (unpaired) electrons. The van der Waals surface area contributed by atoms with E-state index in [4.69, 9.17) is 4.74 Å². The van der Waals surface area contributed by atoms with Crippen molar-refractivity contribution < 1.29 is 9.53 Å². The summed E-state index contributed by atoms with van der Waals surface area (Å²) in [5.41, 5.74) is 0.779. The highest BCUT2D eigenvalue weighted by atomic mass is 16.5. The molecule has 0 saturated heterocycles. The van der Waals surface area contributed by atoms with Crippen LogP contribution in [0.2, 0.25) is 0 Å². The van der Waals surface area contributed by atoms with Crippen LogP contribution in [0.25, 0.3) is 0 Å². The third kappa shape index (κ3) is 4.15. The molecule has 1 rings (SSSR count). The summed E-state index contributed by atoms with van der Waals surface area (Å²) in [6.45, 7) is 2.14. The fraction of sp³-hybridized carbons (Fsp3) is 0.500. The van der Waals surface area contributed by atoms with Crippen LogP contribution >= 0.6 is 0 Å². The van der Waals surface area contributed by atoms with Gasteiger partial charge in [-0.3, -0.25) is 4.79 Å². The minimum absolute atomic E-state index is 0.0626. The lowest BCUT2D eigenvalue weighted by molar-refractivity contribution is 0.0689. The number of carbonyl (C=O) groups is 1. The predicted octanol–water partition coefficient (Wildman–Crippen LogP) is 3.46. The van der Waals surface area contributed by atoms with Gasteiger partial charge in [0.1, 0.15) is 0 Å². The Morgan fingerprint density at radius 1 is 1.31 bits per heavy atom. The summed E-state index contributed by atoms with van der Waals surface area (Å²) in [4.78, 5) is 11.9. The van der Waals surface area contributed by atoms with Crippen LogP contribution in [0.3, 0.4) is 0 Å². The van der Waals surface area contributed by atoms with Gasteiger partial charge >= 0.3 is 0 Å². The van der Waals surface area contributed by atoms with Gasteiger partial charge in [0.15, 0.2) is 5.78 Å². The van der Waals surface area contributed by atoms with E-state index in [9.17, 15) is 4.79 Å². The van der Waals surface area contributed by atoms with Crippen molar-refractivity contribution in [2.24, 2.45) is 0 Å².